The summed E-state index contributed by atoms with van der Waals surface area (Å²) in [7, 11) is 1.64. The lowest BCUT2D eigenvalue weighted by atomic mass is 10.1. The van der Waals surface area contributed by atoms with Crippen molar-refractivity contribution in [3.05, 3.63) is 47.7 Å². The lowest BCUT2D eigenvalue weighted by Gasteiger charge is -2.26. The van der Waals surface area contributed by atoms with Gasteiger partial charge in [-0.1, -0.05) is 24.3 Å². The zero-order chi connectivity index (χ0) is 20.8. The molecule has 0 aliphatic carbocycles. The molecule has 1 aliphatic rings. The SMILES string of the molecule is COc1cc(/C=C/c2n[nH]c3ccccc23)c(N)cc1OCCCN1CCOCC1. The van der Waals surface area contributed by atoms with Crippen LogP contribution in [0, 0.1) is 0 Å². The zero-order valence-corrected chi connectivity index (χ0v) is 17.3. The fourth-order valence-electron chi connectivity index (χ4n) is 3.58. The normalized spacial score (nSPS) is 15.1. The van der Waals surface area contributed by atoms with Gasteiger partial charge >= 0.3 is 0 Å². The van der Waals surface area contributed by atoms with Crippen LogP contribution in [0.25, 0.3) is 23.1 Å². The number of nitrogens with two attached hydrogens (primary N) is 1. The first-order chi connectivity index (χ1) is 14.7. The Morgan fingerprint density at radius 1 is 1.17 bits per heavy atom. The number of nitrogens with zero attached hydrogens (tertiary/aromatic N) is 2. The van der Waals surface area contributed by atoms with Crippen LogP contribution in [-0.4, -0.2) is 61.7 Å². The number of anilines is 1. The van der Waals surface area contributed by atoms with Crippen LogP contribution in [0.4, 0.5) is 5.69 Å². The Morgan fingerprint density at radius 2 is 2.00 bits per heavy atom. The summed E-state index contributed by atoms with van der Waals surface area (Å²) < 4.78 is 16.9. The number of rotatable bonds is 8. The first-order valence-corrected chi connectivity index (χ1v) is 10.3. The molecule has 1 saturated heterocycles. The number of nitrogen functional groups attached to an aromatic ring is 1. The van der Waals surface area contributed by atoms with Crippen LogP contribution < -0.4 is 15.2 Å². The van der Waals surface area contributed by atoms with Crippen LogP contribution in [0.1, 0.15) is 17.7 Å². The van der Waals surface area contributed by atoms with Gasteiger partial charge in [-0.15, -0.1) is 0 Å². The summed E-state index contributed by atoms with van der Waals surface area (Å²) in [4.78, 5) is 2.39. The van der Waals surface area contributed by atoms with Crippen molar-refractivity contribution in [2.75, 3.05) is 52.3 Å². The predicted octanol–water partition coefficient (Wildman–Crippen LogP) is 3.43. The second-order valence-corrected chi connectivity index (χ2v) is 7.28. The van der Waals surface area contributed by atoms with Gasteiger partial charge in [0.05, 0.1) is 38.1 Å². The second-order valence-electron chi connectivity index (χ2n) is 7.28. The van der Waals surface area contributed by atoms with E-state index >= 15 is 0 Å². The number of H-pyrrole nitrogens is 1. The third-order valence-corrected chi connectivity index (χ3v) is 5.27. The average molecular weight is 409 g/mol. The summed E-state index contributed by atoms with van der Waals surface area (Å²) in [5, 5.41) is 8.47. The van der Waals surface area contributed by atoms with Gasteiger partial charge in [0.15, 0.2) is 11.5 Å². The molecule has 1 aliphatic heterocycles. The van der Waals surface area contributed by atoms with Gasteiger partial charge in [-0.3, -0.25) is 10.00 Å². The highest BCUT2D eigenvalue weighted by Crippen LogP contribution is 2.33. The maximum Gasteiger partial charge on any atom is 0.163 e. The number of hydrogen-bond acceptors (Lipinski definition) is 6. The van der Waals surface area contributed by atoms with Gasteiger partial charge in [-0.2, -0.15) is 5.10 Å². The lowest BCUT2D eigenvalue weighted by molar-refractivity contribution is 0.0357. The predicted molar refractivity (Wildman–Crippen MR) is 120 cm³/mol. The Kier molecular flexibility index (Phi) is 6.51. The van der Waals surface area contributed by atoms with E-state index in [0.717, 1.165) is 61.4 Å². The van der Waals surface area contributed by atoms with E-state index in [1.807, 2.05) is 48.6 Å². The Bertz CT molecular complexity index is 1010. The van der Waals surface area contributed by atoms with Crippen molar-refractivity contribution in [2.45, 2.75) is 6.42 Å². The Hall–Kier alpha value is -3.03. The van der Waals surface area contributed by atoms with Crippen molar-refractivity contribution in [1.82, 2.24) is 15.1 Å². The minimum atomic E-state index is 0.613. The number of para-hydroxylation sites is 1. The number of aromatic nitrogens is 2. The molecule has 7 heteroatoms. The van der Waals surface area contributed by atoms with E-state index < -0.39 is 0 Å². The largest absolute Gasteiger partial charge is 0.493 e. The van der Waals surface area contributed by atoms with Gasteiger partial charge in [0.25, 0.3) is 0 Å². The van der Waals surface area contributed by atoms with E-state index in [-0.39, 0.29) is 0 Å². The third-order valence-electron chi connectivity index (χ3n) is 5.27. The van der Waals surface area contributed by atoms with Crippen LogP contribution >= 0.6 is 0 Å². The molecule has 4 rings (SSSR count). The van der Waals surface area contributed by atoms with Crippen molar-refractivity contribution in [1.29, 1.82) is 0 Å². The highest BCUT2D eigenvalue weighted by Gasteiger charge is 2.12. The van der Waals surface area contributed by atoms with E-state index in [1.54, 1.807) is 7.11 Å². The van der Waals surface area contributed by atoms with Crippen molar-refractivity contribution in [3.8, 4) is 11.5 Å². The van der Waals surface area contributed by atoms with Crippen molar-refractivity contribution in [3.63, 3.8) is 0 Å². The number of methoxy groups -OCH3 is 1. The molecular weight excluding hydrogens is 380 g/mol. The summed E-state index contributed by atoms with van der Waals surface area (Å²) in [6.07, 6.45) is 4.84. The monoisotopic (exact) mass is 408 g/mol. The van der Waals surface area contributed by atoms with Crippen LogP contribution in [0.3, 0.4) is 0 Å². The average Bonchev–Trinajstić information content (AvgIpc) is 3.20. The number of morpholine rings is 1. The minimum absolute atomic E-state index is 0.613. The molecule has 0 bridgehead atoms. The minimum Gasteiger partial charge on any atom is -0.493 e. The number of aromatic amines is 1. The van der Waals surface area contributed by atoms with E-state index in [2.05, 4.69) is 15.1 Å². The Balaban J connectivity index is 1.41. The Morgan fingerprint density at radius 3 is 2.83 bits per heavy atom. The van der Waals surface area contributed by atoms with Crippen molar-refractivity contribution < 1.29 is 14.2 Å². The quantitative estimate of drug-likeness (QED) is 0.439. The fourth-order valence-corrected chi connectivity index (χ4v) is 3.58. The number of nitrogens with one attached hydrogen (secondary N) is 1. The molecule has 30 heavy (non-hydrogen) atoms. The van der Waals surface area contributed by atoms with Crippen LogP contribution in [0.2, 0.25) is 0 Å². The van der Waals surface area contributed by atoms with Gasteiger partial charge in [-0.25, -0.2) is 0 Å². The molecule has 0 spiro atoms. The number of benzene rings is 2. The van der Waals surface area contributed by atoms with Gasteiger partial charge in [-0.05, 0) is 24.6 Å². The molecule has 3 aromatic rings. The van der Waals surface area contributed by atoms with Gasteiger partial charge < -0.3 is 19.9 Å². The highest BCUT2D eigenvalue weighted by molar-refractivity contribution is 5.90. The Labute approximate surface area is 176 Å². The number of fused-ring (bicyclic) bond motifs is 1. The molecule has 1 aromatic heterocycles. The topological polar surface area (TPSA) is 85.6 Å². The maximum absolute atomic E-state index is 6.28. The molecule has 3 N–H and O–H groups in total. The summed E-state index contributed by atoms with van der Waals surface area (Å²) in [5.74, 6) is 1.33. The lowest BCUT2D eigenvalue weighted by Crippen LogP contribution is -2.37. The smallest absolute Gasteiger partial charge is 0.163 e. The number of hydrogen-bond donors (Lipinski definition) is 2. The zero-order valence-electron chi connectivity index (χ0n) is 17.3. The first kappa shape index (κ1) is 20.3. The molecule has 0 unspecified atom stereocenters. The van der Waals surface area contributed by atoms with Crippen molar-refractivity contribution >= 4 is 28.7 Å². The molecule has 2 aromatic carbocycles. The third kappa shape index (κ3) is 4.75. The van der Waals surface area contributed by atoms with Crippen LogP contribution in [0.5, 0.6) is 11.5 Å². The highest BCUT2D eigenvalue weighted by atomic mass is 16.5. The molecule has 0 atom stereocenters. The second kappa shape index (κ2) is 9.65. The van der Waals surface area contributed by atoms with E-state index in [1.165, 1.54) is 0 Å². The van der Waals surface area contributed by atoms with Gasteiger partial charge in [0, 0.05) is 42.3 Å². The van der Waals surface area contributed by atoms with Crippen LogP contribution in [-0.2, 0) is 4.74 Å². The number of ether oxygens (including phenoxy) is 3. The molecule has 7 nitrogen and oxygen atoms in total. The van der Waals surface area contributed by atoms with E-state index in [0.29, 0.717) is 23.8 Å². The molecule has 1 fully saturated rings. The molecule has 0 saturated carbocycles. The van der Waals surface area contributed by atoms with Crippen molar-refractivity contribution in [2.24, 2.45) is 0 Å². The van der Waals surface area contributed by atoms with E-state index in [4.69, 9.17) is 19.9 Å². The van der Waals surface area contributed by atoms with Gasteiger partial charge in [0.2, 0.25) is 0 Å². The van der Waals surface area contributed by atoms with Crippen LogP contribution in [0.15, 0.2) is 36.4 Å². The summed E-state index contributed by atoms with van der Waals surface area (Å²) in [6, 6.07) is 11.8. The molecule has 0 amide bonds. The van der Waals surface area contributed by atoms with E-state index in [9.17, 15) is 0 Å². The molecule has 0 radical (unpaired) electrons. The maximum atomic E-state index is 6.28. The standard InChI is InChI=1S/C23H28N4O3/c1-28-22-15-17(7-8-21-18-5-2-3-6-20(18)25-26-21)19(24)16-23(22)30-12-4-9-27-10-13-29-14-11-27/h2-3,5-8,15-16H,4,9-14,24H2,1H3,(H,25,26)/b8-7+. The summed E-state index contributed by atoms with van der Waals surface area (Å²) in [5.41, 5.74) is 9.65. The van der Waals surface area contributed by atoms with Gasteiger partial charge in [0.1, 0.15) is 0 Å². The molecule has 2 heterocycles. The molecular formula is C23H28N4O3. The fraction of sp³-hybridized carbons (Fsp3) is 0.348. The first-order valence-electron chi connectivity index (χ1n) is 10.3. The summed E-state index contributed by atoms with van der Waals surface area (Å²) in [6.45, 7) is 5.22. The molecule has 158 valence electrons. The summed E-state index contributed by atoms with van der Waals surface area (Å²) >= 11 is 0.